The van der Waals surface area contributed by atoms with Crippen molar-refractivity contribution in [3.8, 4) is 0 Å². The molecule has 0 amide bonds. The van der Waals surface area contributed by atoms with Crippen LogP contribution in [0.1, 0.15) is 12.0 Å². The number of pyridine rings is 1. The molecule has 2 aliphatic rings. The maximum Gasteiger partial charge on any atom is 0.0761 e. The van der Waals surface area contributed by atoms with Crippen LogP contribution in [0.5, 0.6) is 0 Å². The number of nitrogens with zero attached hydrogens (tertiary/aromatic N) is 2. The van der Waals surface area contributed by atoms with Gasteiger partial charge in [0.05, 0.1) is 5.52 Å². The van der Waals surface area contributed by atoms with E-state index in [1.165, 1.54) is 38.2 Å². The van der Waals surface area contributed by atoms with Gasteiger partial charge in [0.1, 0.15) is 0 Å². The van der Waals surface area contributed by atoms with Crippen molar-refractivity contribution in [3.05, 3.63) is 41.0 Å². The number of nitrogens with one attached hydrogen (secondary N) is 1. The highest BCUT2D eigenvalue weighted by Crippen LogP contribution is 2.29. The molecule has 0 spiro atoms. The van der Waals surface area contributed by atoms with Crippen LogP contribution in [0.15, 0.2) is 30.5 Å². The van der Waals surface area contributed by atoms with Crippen LogP contribution in [0.2, 0.25) is 5.02 Å². The van der Waals surface area contributed by atoms with Gasteiger partial charge in [0.2, 0.25) is 0 Å². The molecule has 2 aliphatic heterocycles. The summed E-state index contributed by atoms with van der Waals surface area (Å²) in [6.45, 7) is 5.77. The predicted molar refractivity (Wildman–Crippen MR) is 86.5 cm³/mol. The first-order chi connectivity index (χ1) is 10.3. The summed E-state index contributed by atoms with van der Waals surface area (Å²) < 4.78 is 0. The van der Waals surface area contributed by atoms with Gasteiger partial charge in [-0.3, -0.25) is 9.88 Å². The van der Waals surface area contributed by atoms with E-state index in [9.17, 15) is 0 Å². The Morgan fingerprint density at radius 3 is 3.10 bits per heavy atom. The summed E-state index contributed by atoms with van der Waals surface area (Å²) in [6, 6.07) is 8.15. The van der Waals surface area contributed by atoms with Crippen LogP contribution in [0.3, 0.4) is 0 Å². The Labute approximate surface area is 130 Å². The van der Waals surface area contributed by atoms with E-state index >= 15 is 0 Å². The normalized spacial score (nSPS) is 26.1. The minimum Gasteiger partial charge on any atom is -0.316 e. The van der Waals surface area contributed by atoms with E-state index in [1.807, 2.05) is 18.3 Å². The topological polar surface area (TPSA) is 28.2 Å². The highest BCUT2D eigenvalue weighted by molar-refractivity contribution is 6.35. The second-order valence-corrected chi connectivity index (χ2v) is 6.72. The molecule has 1 N–H and O–H groups in total. The van der Waals surface area contributed by atoms with E-state index in [2.05, 4.69) is 27.3 Å². The van der Waals surface area contributed by atoms with E-state index in [4.69, 9.17) is 11.6 Å². The molecule has 4 rings (SSSR count). The monoisotopic (exact) mass is 301 g/mol. The van der Waals surface area contributed by atoms with Crippen molar-refractivity contribution in [3.63, 3.8) is 0 Å². The highest BCUT2D eigenvalue weighted by atomic mass is 35.5. The average molecular weight is 302 g/mol. The summed E-state index contributed by atoms with van der Waals surface area (Å²) in [5.74, 6) is 1.71. The molecule has 1 aromatic heterocycles. The third kappa shape index (κ3) is 2.54. The zero-order valence-corrected chi connectivity index (χ0v) is 12.8. The zero-order chi connectivity index (χ0) is 14.2. The van der Waals surface area contributed by atoms with Crippen molar-refractivity contribution in [1.29, 1.82) is 0 Å². The second-order valence-electron chi connectivity index (χ2n) is 6.31. The van der Waals surface area contributed by atoms with Crippen LogP contribution in [-0.4, -0.2) is 36.1 Å². The van der Waals surface area contributed by atoms with Gasteiger partial charge in [-0.1, -0.05) is 17.7 Å². The Morgan fingerprint density at radius 2 is 2.14 bits per heavy atom. The first-order valence-corrected chi connectivity index (χ1v) is 8.14. The van der Waals surface area contributed by atoms with Crippen LogP contribution in [0, 0.1) is 11.8 Å². The number of rotatable bonds is 2. The number of benzene rings is 1. The molecule has 3 heterocycles. The SMILES string of the molecule is Clc1ccc(CN2CCC3CNCC3C2)c2ncccc12. The minimum atomic E-state index is 0.792. The fourth-order valence-corrected chi connectivity index (χ4v) is 4.03. The Hall–Kier alpha value is -1.16. The summed E-state index contributed by atoms with van der Waals surface area (Å²) >= 11 is 6.28. The van der Waals surface area contributed by atoms with Gasteiger partial charge in [-0.25, -0.2) is 0 Å². The number of likely N-dealkylation sites (tertiary alicyclic amines) is 1. The molecule has 3 nitrogen and oxygen atoms in total. The molecule has 110 valence electrons. The third-order valence-corrected chi connectivity index (χ3v) is 5.31. The summed E-state index contributed by atoms with van der Waals surface area (Å²) in [7, 11) is 0. The molecular weight excluding hydrogens is 282 g/mol. The Kier molecular flexibility index (Phi) is 3.57. The van der Waals surface area contributed by atoms with E-state index in [1.54, 1.807) is 0 Å². The van der Waals surface area contributed by atoms with Crippen molar-refractivity contribution in [1.82, 2.24) is 15.2 Å². The Bertz CT molecular complexity index is 658. The smallest absolute Gasteiger partial charge is 0.0761 e. The average Bonchev–Trinajstić information content (AvgIpc) is 2.98. The van der Waals surface area contributed by atoms with Gasteiger partial charge < -0.3 is 5.32 Å². The molecule has 21 heavy (non-hydrogen) atoms. The molecule has 0 saturated carbocycles. The molecule has 2 aromatic rings. The number of hydrogen-bond acceptors (Lipinski definition) is 3. The number of aromatic nitrogens is 1. The quantitative estimate of drug-likeness (QED) is 0.924. The summed E-state index contributed by atoms with van der Waals surface area (Å²) in [5.41, 5.74) is 2.34. The summed E-state index contributed by atoms with van der Waals surface area (Å²) in [5, 5.41) is 5.39. The zero-order valence-electron chi connectivity index (χ0n) is 12.1. The van der Waals surface area contributed by atoms with Gasteiger partial charge >= 0.3 is 0 Å². The second kappa shape index (κ2) is 5.56. The first-order valence-electron chi connectivity index (χ1n) is 7.76. The van der Waals surface area contributed by atoms with Gasteiger partial charge in [-0.2, -0.15) is 0 Å². The summed E-state index contributed by atoms with van der Waals surface area (Å²) in [6.07, 6.45) is 3.17. The molecule has 2 saturated heterocycles. The standard InChI is InChI=1S/C17H20ClN3/c18-16-4-3-13(17-15(16)2-1-6-20-17)10-21-7-5-12-8-19-9-14(12)11-21/h1-4,6,12,14,19H,5,7-11H2. The number of halogens is 1. The summed E-state index contributed by atoms with van der Waals surface area (Å²) in [4.78, 5) is 7.13. The van der Waals surface area contributed by atoms with Gasteiger partial charge in [-0.15, -0.1) is 0 Å². The molecule has 2 atom stereocenters. The molecule has 1 aromatic carbocycles. The van der Waals surface area contributed by atoms with Crippen LogP contribution in [0.4, 0.5) is 0 Å². The molecule has 0 bridgehead atoms. The lowest BCUT2D eigenvalue weighted by molar-refractivity contribution is 0.142. The highest BCUT2D eigenvalue weighted by Gasteiger charge is 2.32. The predicted octanol–water partition coefficient (Wildman–Crippen LogP) is 2.93. The van der Waals surface area contributed by atoms with Crippen molar-refractivity contribution in [2.75, 3.05) is 26.2 Å². The van der Waals surface area contributed by atoms with Crippen molar-refractivity contribution in [2.24, 2.45) is 11.8 Å². The van der Waals surface area contributed by atoms with E-state index in [0.29, 0.717) is 0 Å². The van der Waals surface area contributed by atoms with Gasteiger partial charge in [0.15, 0.2) is 0 Å². The number of hydrogen-bond donors (Lipinski definition) is 1. The minimum absolute atomic E-state index is 0.792. The maximum absolute atomic E-state index is 6.28. The van der Waals surface area contributed by atoms with E-state index in [0.717, 1.165) is 34.3 Å². The number of fused-ring (bicyclic) bond motifs is 2. The lowest BCUT2D eigenvalue weighted by Crippen LogP contribution is -2.39. The van der Waals surface area contributed by atoms with Gasteiger partial charge in [0.25, 0.3) is 0 Å². The Morgan fingerprint density at radius 1 is 1.24 bits per heavy atom. The van der Waals surface area contributed by atoms with Crippen molar-refractivity contribution in [2.45, 2.75) is 13.0 Å². The third-order valence-electron chi connectivity index (χ3n) is 4.98. The van der Waals surface area contributed by atoms with Crippen LogP contribution >= 0.6 is 11.6 Å². The molecule has 0 aliphatic carbocycles. The number of piperidine rings is 1. The van der Waals surface area contributed by atoms with Gasteiger partial charge in [-0.05, 0) is 61.7 Å². The maximum atomic E-state index is 6.28. The fraction of sp³-hybridized carbons (Fsp3) is 0.471. The first kappa shape index (κ1) is 13.5. The lowest BCUT2D eigenvalue weighted by atomic mass is 9.88. The van der Waals surface area contributed by atoms with Gasteiger partial charge in [0, 0.05) is 29.7 Å². The molecule has 0 radical (unpaired) electrons. The lowest BCUT2D eigenvalue weighted by Gasteiger charge is -2.34. The van der Waals surface area contributed by atoms with E-state index < -0.39 is 0 Å². The molecule has 4 heteroatoms. The van der Waals surface area contributed by atoms with Crippen molar-refractivity contribution < 1.29 is 0 Å². The largest absolute Gasteiger partial charge is 0.316 e. The molecule has 2 unspecified atom stereocenters. The van der Waals surface area contributed by atoms with Crippen molar-refractivity contribution >= 4 is 22.5 Å². The van der Waals surface area contributed by atoms with Crippen LogP contribution < -0.4 is 5.32 Å². The molecule has 2 fully saturated rings. The van der Waals surface area contributed by atoms with E-state index in [-0.39, 0.29) is 0 Å². The Balaban J connectivity index is 1.58. The van der Waals surface area contributed by atoms with Crippen LogP contribution in [-0.2, 0) is 6.54 Å². The molecular formula is C17H20ClN3. The van der Waals surface area contributed by atoms with Crippen LogP contribution in [0.25, 0.3) is 10.9 Å². The fourth-order valence-electron chi connectivity index (χ4n) is 3.82.